The van der Waals surface area contributed by atoms with Crippen LogP contribution in [-0.2, 0) is 35.2 Å². The first-order valence-electron chi connectivity index (χ1n) is 26.5. The predicted molar refractivity (Wildman–Crippen MR) is 303 cm³/mol. The number of hydrazone groups is 1. The highest BCUT2D eigenvalue weighted by Crippen LogP contribution is 2.37. The highest BCUT2D eigenvalue weighted by atomic mass is 16.5. The van der Waals surface area contributed by atoms with E-state index >= 15 is 0 Å². The van der Waals surface area contributed by atoms with E-state index in [1.807, 2.05) is 25.5 Å². The highest BCUT2D eigenvalue weighted by molar-refractivity contribution is 5.66. The van der Waals surface area contributed by atoms with Crippen LogP contribution in [0.3, 0.4) is 0 Å². The summed E-state index contributed by atoms with van der Waals surface area (Å²) in [6.07, 6.45) is 23.8. The molecule has 1 heterocycles. The van der Waals surface area contributed by atoms with Gasteiger partial charge in [-0.15, -0.1) is 0 Å². The highest BCUT2D eigenvalue weighted by Gasteiger charge is 2.29. The number of pyridine rings is 1. The number of hydrogen-bond acceptors (Lipinski definition) is 8. The lowest BCUT2D eigenvalue weighted by Gasteiger charge is -2.33. The SMILES string of the molecule is C=C(CCNC)c1ccc(Cc2ccc(CCOC)c(C(=C)NC3CCCCC3)c2)cn1.C=Cc1cc(Cc2ccc(N/N=C\C(C)C)cc2)ccc1CCOC.CCC(C)(C)C(CCC1CC1)NC. The van der Waals surface area contributed by atoms with Gasteiger partial charge in [-0.3, -0.25) is 10.4 Å². The third-order valence-electron chi connectivity index (χ3n) is 14.0. The third-order valence-corrected chi connectivity index (χ3v) is 14.0. The second-order valence-electron chi connectivity index (χ2n) is 20.6. The molecule has 8 heteroatoms. The summed E-state index contributed by atoms with van der Waals surface area (Å²) in [5, 5.41) is 14.6. The molecule has 8 nitrogen and oxygen atoms in total. The zero-order chi connectivity index (χ0) is 50.7. The number of methoxy groups -OCH3 is 2. The van der Waals surface area contributed by atoms with Gasteiger partial charge in [-0.2, -0.15) is 5.10 Å². The van der Waals surface area contributed by atoms with E-state index in [9.17, 15) is 0 Å². The van der Waals surface area contributed by atoms with Crippen molar-refractivity contribution in [2.24, 2.45) is 22.4 Å². The minimum atomic E-state index is 0.442. The van der Waals surface area contributed by atoms with Crippen LogP contribution in [0.5, 0.6) is 0 Å². The van der Waals surface area contributed by atoms with Crippen molar-refractivity contribution in [3.05, 3.63) is 149 Å². The fourth-order valence-electron chi connectivity index (χ4n) is 8.95. The first-order chi connectivity index (χ1) is 33.8. The quantitative estimate of drug-likeness (QED) is 0.0350. The van der Waals surface area contributed by atoms with Crippen LogP contribution in [0.2, 0.25) is 0 Å². The molecular weight excluding hydrogens is 861 g/mol. The van der Waals surface area contributed by atoms with Crippen LogP contribution in [0.4, 0.5) is 5.69 Å². The Morgan fingerprint density at radius 1 is 0.814 bits per heavy atom. The molecule has 1 atom stereocenters. The Bertz CT molecular complexity index is 2170. The summed E-state index contributed by atoms with van der Waals surface area (Å²) in [6, 6.07) is 27.3. The topological polar surface area (TPSA) is 91.8 Å². The van der Waals surface area contributed by atoms with Crippen LogP contribution in [0.25, 0.3) is 17.3 Å². The molecular formula is C62H92N6O2. The van der Waals surface area contributed by atoms with Crippen LogP contribution in [-0.4, -0.2) is 71.4 Å². The number of hydrogen-bond donors (Lipinski definition) is 4. The molecule has 70 heavy (non-hydrogen) atoms. The summed E-state index contributed by atoms with van der Waals surface area (Å²) in [6.45, 7) is 26.1. The van der Waals surface area contributed by atoms with Crippen LogP contribution < -0.4 is 21.4 Å². The van der Waals surface area contributed by atoms with Crippen LogP contribution in [0.15, 0.2) is 104 Å². The molecule has 0 radical (unpaired) electrons. The van der Waals surface area contributed by atoms with Gasteiger partial charge in [0, 0.05) is 50.0 Å². The standard InChI is InChI=1S/C28H39N3O.C22H28N2O.C12H25N/c1-21(14-16-29-3)28-13-11-24(20-30-28)18-23-10-12-25(15-17-32-4)27(19-23)22(2)31-26-8-6-5-7-9-26;1-5-20-15-19(6-9-21(20)12-13-25-4)14-18-7-10-22(11-8-18)24-23-16-17(2)3;1-5-12(2,3)11(13-4)9-8-10-6-7-10/h10-13,19-20,26,29,31H,1-2,5-9,14-18H2,3-4H3;5-11,15-17,24H,1,12-14H2,2-4H3;10-11,13H,5-9H2,1-4H3/b;23-16-;. The fraction of sp³-hybridized carbons (Fsp3) is 0.516. The van der Waals surface area contributed by atoms with Crippen molar-refractivity contribution in [2.45, 2.75) is 143 Å². The smallest absolute Gasteiger partial charge is 0.0656 e. The predicted octanol–water partition coefficient (Wildman–Crippen LogP) is 13.7. The monoisotopic (exact) mass is 953 g/mol. The minimum absolute atomic E-state index is 0.442. The Kier molecular flexibility index (Phi) is 25.9. The average molecular weight is 953 g/mol. The summed E-state index contributed by atoms with van der Waals surface area (Å²) in [5.41, 5.74) is 17.6. The lowest BCUT2D eigenvalue weighted by Crippen LogP contribution is -2.39. The first kappa shape index (κ1) is 57.7. The Labute approximate surface area is 425 Å². The maximum absolute atomic E-state index is 5.34. The maximum Gasteiger partial charge on any atom is 0.0656 e. The Balaban J connectivity index is 0.000000248. The molecule has 2 fully saturated rings. The van der Waals surface area contributed by atoms with Crippen LogP contribution >= 0.6 is 0 Å². The maximum atomic E-state index is 5.34. The number of aromatic nitrogens is 1. The van der Waals surface area contributed by atoms with Gasteiger partial charge < -0.3 is 25.4 Å². The Morgan fingerprint density at radius 3 is 2.03 bits per heavy atom. The van der Waals surface area contributed by atoms with E-state index in [-0.39, 0.29) is 0 Å². The van der Waals surface area contributed by atoms with Crippen molar-refractivity contribution in [1.29, 1.82) is 0 Å². The molecule has 2 aliphatic rings. The van der Waals surface area contributed by atoms with Crippen molar-refractivity contribution in [3.8, 4) is 0 Å². The summed E-state index contributed by atoms with van der Waals surface area (Å²) >= 11 is 0. The average Bonchev–Trinajstić information content (AvgIpc) is 4.21. The lowest BCUT2D eigenvalue weighted by molar-refractivity contribution is 0.202. The molecule has 0 amide bonds. The fourth-order valence-corrected chi connectivity index (χ4v) is 8.95. The molecule has 0 spiro atoms. The van der Waals surface area contributed by atoms with E-state index in [0.717, 1.165) is 73.8 Å². The van der Waals surface area contributed by atoms with E-state index in [1.54, 1.807) is 14.2 Å². The third kappa shape index (κ3) is 20.8. The zero-order valence-corrected chi connectivity index (χ0v) is 45.0. The normalized spacial score (nSPS) is 14.3. The number of rotatable bonds is 27. The molecule has 6 rings (SSSR count). The van der Waals surface area contributed by atoms with Crippen LogP contribution in [0.1, 0.15) is 155 Å². The van der Waals surface area contributed by atoms with Gasteiger partial charge in [-0.1, -0.05) is 141 Å². The number of nitrogens with zero attached hydrogens (tertiary/aromatic N) is 2. The van der Waals surface area contributed by atoms with Gasteiger partial charge in [-0.05, 0) is 171 Å². The second-order valence-corrected chi connectivity index (χ2v) is 20.6. The zero-order valence-electron chi connectivity index (χ0n) is 45.0. The van der Waals surface area contributed by atoms with Crippen LogP contribution in [0, 0.1) is 17.3 Å². The van der Waals surface area contributed by atoms with E-state index in [1.165, 1.54) is 109 Å². The van der Waals surface area contributed by atoms with Gasteiger partial charge in [0.25, 0.3) is 0 Å². The lowest BCUT2D eigenvalue weighted by atomic mass is 9.79. The molecule has 3 aromatic carbocycles. The molecule has 0 saturated heterocycles. The van der Waals surface area contributed by atoms with Crippen molar-refractivity contribution >= 4 is 29.2 Å². The van der Waals surface area contributed by atoms with Gasteiger partial charge in [0.15, 0.2) is 0 Å². The molecule has 4 N–H and O–H groups in total. The summed E-state index contributed by atoms with van der Waals surface area (Å²) in [4.78, 5) is 4.65. The molecule has 2 aliphatic carbocycles. The van der Waals surface area contributed by atoms with E-state index in [2.05, 4.69) is 166 Å². The molecule has 1 unspecified atom stereocenters. The van der Waals surface area contributed by atoms with Crippen molar-refractivity contribution in [2.75, 3.05) is 53.5 Å². The Morgan fingerprint density at radius 2 is 1.44 bits per heavy atom. The summed E-state index contributed by atoms with van der Waals surface area (Å²) in [5.74, 6) is 1.51. The largest absolute Gasteiger partial charge is 0.384 e. The van der Waals surface area contributed by atoms with E-state index in [4.69, 9.17) is 9.47 Å². The first-order valence-corrected chi connectivity index (χ1v) is 26.5. The molecule has 0 aliphatic heterocycles. The molecule has 4 aromatic rings. The number of benzene rings is 3. The molecule has 382 valence electrons. The van der Waals surface area contributed by atoms with Crippen molar-refractivity contribution in [3.63, 3.8) is 0 Å². The Hall–Kier alpha value is -4.86. The molecule has 0 bridgehead atoms. The number of anilines is 1. The minimum Gasteiger partial charge on any atom is -0.384 e. The van der Waals surface area contributed by atoms with Crippen molar-refractivity contribution < 1.29 is 9.47 Å². The second kappa shape index (κ2) is 31.5. The van der Waals surface area contributed by atoms with Gasteiger partial charge in [0.2, 0.25) is 0 Å². The number of nitrogens with one attached hydrogen (secondary N) is 4. The summed E-state index contributed by atoms with van der Waals surface area (Å²) < 4.78 is 10.5. The number of ether oxygens (including phenoxy) is 2. The van der Waals surface area contributed by atoms with Gasteiger partial charge in [-0.25, -0.2) is 0 Å². The summed E-state index contributed by atoms with van der Waals surface area (Å²) in [7, 11) is 7.55. The van der Waals surface area contributed by atoms with Crippen molar-refractivity contribution in [1.82, 2.24) is 20.9 Å². The van der Waals surface area contributed by atoms with E-state index < -0.39 is 0 Å². The van der Waals surface area contributed by atoms with E-state index in [0.29, 0.717) is 30.0 Å². The van der Waals surface area contributed by atoms with Gasteiger partial charge in [0.05, 0.1) is 24.6 Å². The molecule has 2 saturated carbocycles. The van der Waals surface area contributed by atoms with Gasteiger partial charge >= 0.3 is 0 Å². The molecule has 1 aromatic heterocycles. The van der Waals surface area contributed by atoms with Gasteiger partial charge in [0.1, 0.15) is 0 Å².